The summed E-state index contributed by atoms with van der Waals surface area (Å²) in [4.78, 5) is 33.9. The lowest BCUT2D eigenvalue weighted by Crippen LogP contribution is -2.47. The maximum absolute atomic E-state index is 12.5. The molecule has 9 nitrogen and oxygen atoms in total. The SMILES string of the molecule is CCCCCCCCCCCCCC(=O)OCCN(CCOC(=O)CCCCCCCCCCCCC)C1CCN(CCCN=C(N)N)CC1. The van der Waals surface area contributed by atoms with Gasteiger partial charge in [0.2, 0.25) is 0 Å². The van der Waals surface area contributed by atoms with Gasteiger partial charge in [0.25, 0.3) is 0 Å². The molecule has 0 spiro atoms. The summed E-state index contributed by atoms with van der Waals surface area (Å²) in [5.74, 6) is -0.0249. The van der Waals surface area contributed by atoms with Crippen molar-refractivity contribution in [3.63, 3.8) is 0 Å². The molecule has 0 aromatic carbocycles. The Labute approximate surface area is 308 Å². The Morgan fingerprint density at radius 3 is 1.36 bits per heavy atom. The normalized spacial score (nSPS) is 13.9. The number of guanidine groups is 1. The summed E-state index contributed by atoms with van der Waals surface area (Å²) in [7, 11) is 0. The minimum Gasteiger partial charge on any atom is -0.464 e. The van der Waals surface area contributed by atoms with E-state index in [0.717, 1.165) is 64.6 Å². The van der Waals surface area contributed by atoms with E-state index in [1.165, 1.54) is 116 Å². The van der Waals surface area contributed by atoms with Crippen LogP contribution in [0.2, 0.25) is 0 Å². The van der Waals surface area contributed by atoms with Crippen molar-refractivity contribution < 1.29 is 19.1 Å². The Morgan fingerprint density at radius 1 is 0.600 bits per heavy atom. The fourth-order valence-electron chi connectivity index (χ4n) is 7.05. The van der Waals surface area contributed by atoms with Gasteiger partial charge >= 0.3 is 11.9 Å². The van der Waals surface area contributed by atoms with Crippen molar-refractivity contribution in [2.45, 2.75) is 193 Å². The highest BCUT2D eigenvalue weighted by atomic mass is 16.5. The van der Waals surface area contributed by atoms with E-state index in [1.54, 1.807) is 0 Å². The number of rotatable bonds is 35. The predicted octanol–water partition coefficient (Wildman–Crippen LogP) is 8.90. The number of hydrogen-bond acceptors (Lipinski definition) is 7. The highest BCUT2D eigenvalue weighted by Crippen LogP contribution is 2.18. The van der Waals surface area contributed by atoms with Gasteiger partial charge in [-0.1, -0.05) is 142 Å². The predicted molar refractivity (Wildman–Crippen MR) is 210 cm³/mol. The van der Waals surface area contributed by atoms with Gasteiger partial charge in [-0.05, 0) is 51.7 Å². The van der Waals surface area contributed by atoms with Crippen LogP contribution in [-0.2, 0) is 19.1 Å². The molecule has 1 saturated heterocycles. The highest BCUT2D eigenvalue weighted by Gasteiger charge is 2.25. The van der Waals surface area contributed by atoms with E-state index < -0.39 is 0 Å². The molecule has 294 valence electrons. The Morgan fingerprint density at radius 2 is 0.980 bits per heavy atom. The summed E-state index contributed by atoms with van der Waals surface area (Å²) in [6.45, 7) is 10.3. The molecule has 0 atom stereocenters. The van der Waals surface area contributed by atoms with Crippen LogP contribution in [0.3, 0.4) is 0 Å². The minimum absolute atomic E-state index is 0.0881. The molecule has 1 heterocycles. The summed E-state index contributed by atoms with van der Waals surface area (Å²) in [5, 5.41) is 0. The first-order valence-corrected chi connectivity index (χ1v) is 21.3. The summed E-state index contributed by atoms with van der Waals surface area (Å²) in [6.07, 6.45) is 32.0. The van der Waals surface area contributed by atoms with Crippen molar-refractivity contribution in [2.24, 2.45) is 16.5 Å². The summed E-state index contributed by atoms with van der Waals surface area (Å²) in [5.41, 5.74) is 10.9. The molecular weight excluding hydrogens is 626 g/mol. The number of likely N-dealkylation sites (tertiary alicyclic amines) is 1. The second-order valence-corrected chi connectivity index (χ2v) is 14.8. The number of hydrogen-bond donors (Lipinski definition) is 2. The number of esters is 2. The zero-order valence-electron chi connectivity index (χ0n) is 33.0. The lowest BCUT2D eigenvalue weighted by molar-refractivity contribution is -0.145. The molecule has 0 radical (unpaired) electrons. The average Bonchev–Trinajstić information content (AvgIpc) is 3.11. The number of unbranched alkanes of at least 4 members (excludes halogenated alkanes) is 20. The lowest BCUT2D eigenvalue weighted by Gasteiger charge is -2.38. The molecule has 1 rings (SSSR count). The Kier molecular flexibility index (Phi) is 31.6. The summed E-state index contributed by atoms with van der Waals surface area (Å²) >= 11 is 0. The maximum Gasteiger partial charge on any atom is 0.305 e. The number of aliphatic imine (C=N–C) groups is 1. The molecule has 1 fully saturated rings. The molecule has 0 unspecified atom stereocenters. The molecule has 0 aromatic rings. The van der Waals surface area contributed by atoms with Crippen LogP contribution in [0.25, 0.3) is 0 Å². The third-order valence-corrected chi connectivity index (χ3v) is 10.3. The van der Waals surface area contributed by atoms with Crippen molar-refractivity contribution in [1.29, 1.82) is 0 Å². The summed E-state index contributed by atoms with van der Waals surface area (Å²) < 4.78 is 11.4. The molecule has 0 saturated carbocycles. The fourth-order valence-corrected chi connectivity index (χ4v) is 7.05. The van der Waals surface area contributed by atoms with Crippen LogP contribution in [0, 0.1) is 0 Å². The van der Waals surface area contributed by atoms with Gasteiger partial charge in [0.15, 0.2) is 5.96 Å². The molecule has 0 aliphatic carbocycles. The number of carbonyl (C=O) groups excluding carboxylic acids is 2. The first-order chi connectivity index (χ1) is 24.5. The van der Waals surface area contributed by atoms with Crippen molar-refractivity contribution in [3.05, 3.63) is 0 Å². The molecule has 50 heavy (non-hydrogen) atoms. The van der Waals surface area contributed by atoms with E-state index in [1.807, 2.05) is 0 Å². The van der Waals surface area contributed by atoms with Crippen LogP contribution >= 0.6 is 0 Å². The number of ether oxygens (including phenoxy) is 2. The molecule has 0 amide bonds. The van der Waals surface area contributed by atoms with Crippen molar-refractivity contribution in [3.8, 4) is 0 Å². The van der Waals surface area contributed by atoms with Gasteiger partial charge < -0.3 is 25.8 Å². The number of nitrogens with two attached hydrogens (primary N) is 2. The van der Waals surface area contributed by atoms with Crippen LogP contribution in [0.1, 0.15) is 187 Å². The van der Waals surface area contributed by atoms with Gasteiger partial charge in [0.05, 0.1) is 0 Å². The van der Waals surface area contributed by atoms with E-state index >= 15 is 0 Å². The second-order valence-electron chi connectivity index (χ2n) is 14.8. The molecule has 0 aromatic heterocycles. The molecule has 0 bridgehead atoms. The van der Waals surface area contributed by atoms with E-state index in [0.29, 0.717) is 51.7 Å². The smallest absolute Gasteiger partial charge is 0.305 e. The van der Waals surface area contributed by atoms with Crippen molar-refractivity contribution >= 4 is 17.9 Å². The molecule has 9 heteroatoms. The van der Waals surface area contributed by atoms with Gasteiger partial charge in [-0.15, -0.1) is 0 Å². The van der Waals surface area contributed by atoms with E-state index in [2.05, 4.69) is 28.6 Å². The Balaban J connectivity index is 2.30. The van der Waals surface area contributed by atoms with Crippen LogP contribution in [-0.4, -0.2) is 86.2 Å². The topological polar surface area (TPSA) is 123 Å². The van der Waals surface area contributed by atoms with Crippen molar-refractivity contribution in [1.82, 2.24) is 9.80 Å². The van der Waals surface area contributed by atoms with Gasteiger partial charge in [-0.25, -0.2) is 0 Å². The second kappa shape index (κ2) is 34.2. The third-order valence-electron chi connectivity index (χ3n) is 10.3. The zero-order chi connectivity index (χ0) is 36.3. The molecule has 1 aliphatic rings. The summed E-state index contributed by atoms with van der Waals surface area (Å²) in [6, 6.07) is 0.389. The van der Waals surface area contributed by atoms with Crippen molar-refractivity contribution in [2.75, 3.05) is 52.5 Å². The Bertz CT molecular complexity index is 771. The van der Waals surface area contributed by atoms with E-state index in [-0.39, 0.29) is 17.9 Å². The van der Waals surface area contributed by atoms with Gasteiger partial charge in [0, 0.05) is 38.5 Å². The van der Waals surface area contributed by atoms with Gasteiger partial charge in [-0.3, -0.25) is 19.5 Å². The lowest BCUT2D eigenvalue weighted by atomic mass is 10.0. The number of piperidine rings is 1. The maximum atomic E-state index is 12.5. The number of nitrogens with zero attached hydrogens (tertiary/aromatic N) is 3. The van der Waals surface area contributed by atoms with Gasteiger partial charge in [-0.2, -0.15) is 0 Å². The largest absolute Gasteiger partial charge is 0.464 e. The van der Waals surface area contributed by atoms with Gasteiger partial charge in [0.1, 0.15) is 13.2 Å². The van der Waals surface area contributed by atoms with Crippen LogP contribution in [0.15, 0.2) is 4.99 Å². The zero-order valence-corrected chi connectivity index (χ0v) is 33.0. The minimum atomic E-state index is -0.0881. The average molecular weight is 708 g/mol. The standard InChI is InChI=1S/C41H81N5O4/c1-3-5-7-9-11-13-15-17-19-21-23-26-39(47)49-36-34-46(38-28-32-45(33-29-38)31-25-30-44-41(42)43)35-37-50-40(48)27-24-22-20-18-16-14-12-10-8-6-4-2/h38H,3-37H2,1-2H3,(H4,42,43,44). The van der Waals surface area contributed by atoms with E-state index in [4.69, 9.17) is 20.9 Å². The first kappa shape index (κ1) is 46.2. The highest BCUT2D eigenvalue weighted by molar-refractivity contribution is 5.75. The molecular formula is C41H81N5O4. The van der Waals surface area contributed by atoms with Crippen LogP contribution in [0.5, 0.6) is 0 Å². The monoisotopic (exact) mass is 708 g/mol. The quantitative estimate of drug-likeness (QED) is 0.0290. The fraction of sp³-hybridized carbons (Fsp3) is 0.927. The number of carbonyl (C=O) groups is 2. The first-order valence-electron chi connectivity index (χ1n) is 21.3. The Hall–Kier alpha value is -1.87. The van der Waals surface area contributed by atoms with Crippen LogP contribution in [0.4, 0.5) is 0 Å². The van der Waals surface area contributed by atoms with Crippen LogP contribution < -0.4 is 11.5 Å². The third kappa shape index (κ3) is 28.8. The van der Waals surface area contributed by atoms with E-state index in [9.17, 15) is 9.59 Å². The molecule has 4 N–H and O–H groups in total. The molecule has 1 aliphatic heterocycles.